The zero-order valence-corrected chi connectivity index (χ0v) is 15.4. The van der Waals surface area contributed by atoms with Gasteiger partial charge in [0.25, 0.3) is 0 Å². The van der Waals surface area contributed by atoms with Crippen LogP contribution in [-0.2, 0) is 19.5 Å². The highest BCUT2D eigenvalue weighted by Gasteiger charge is 2.25. The van der Waals surface area contributed by atoms with E-state index in [0.29, 0.717) is 12.3 Å². The summed E-state index contributed by atoms with van der Waals surface area (Å²) in [5, 5.41) is 1.75. The monoisotopic (exact) mass is 370 g/mol. The van der Waals surface area contributed by atoms with Crippen molar-refractivity contribution < 1.29 is 14.1 Å². The SMILES string of the molecule is CCCc1cc(=O)oc2c3c(ccc12)OC[NH+](Cc1cccc(Cl)c1)C3. The second kappa shape index (κ2) is 7.14. The predicted octanol–water partition coefficient (Wildman–Crippen LogP) is 3.33. The number of rotatable bonds is 4. The van der Waals surface area contributed by atoms with Crippen LogP contribution in [0, 0.1) is 0 Å². The molecular formula is C21H21ClNO3+. The third-order valence-corrected chi connectivity index (χ3v) is 5.01. The molecule has 0 bridgehead atoms. The molecule has 134 valence electrons. The Kier molecular flexibility index (Phi) is 4.70. The Hall–Kier alpha value is -2.30. The van der Waals surface area contributed by atoms with Crippen LogP contribution in [0.5, 0.6) is 5.75 Å². The summed E-state index contributed by atoms with van der Waals surface area (Å²) < 4.78 is 11.5. The molecule has 1 aliphatic rings. The highest BCUT2D eigenvalue weighted by Crippen LogP contribution is 2.30. The molecule has 0 saturated heterocycles. The van der Waals surface area contributed by atoms with Crippen molar-refractivity contribution in [2.24, 2.45) is 0 Å². The lowest BCUT2D eigenvalue weighted by molar-refractivity contribution is -0.945. The third-order valence-electron chi connectivity index (χ3n) is 4.78. The van der Waals surface area contributed by atoms with Crippen LogP contribution < -0.4 is 15.3 Å². The largest absolute Gasteiger partial charge is 0.445 e. The molecule has 0 spiro atoms. The van der Waals surface area contributed by atoms with Crippen molar-refractivity contribution in [1.29, 1.82) is 0 Å². The van der Waals surface area contributed by atoms with Crippen molar-refractivity contribution in [1.82, 2.24) is 0 Å². The lowest BCUT2D eigenvalue weighted by atomic mass is 10.0. The molecule has 1 N–H and O–H groups in total. The Bertz CT molecular complexity index is 1010. The smallest absolute Gasteiger partial charge is 0.336 e. The molecule has 1 aliphatic heterocycles. The summed E-state index contributed by atoms with van der Waals surface area (Å²) in [5.74, 6) is 0.809. The van der Waals surface area contributed by atoms with Gasteiger partial charge in [-0.15, -0.1) is 0 Å². The molecule has 2 aromatic carbocycles. The van der Waals surface area contributed by atoms with Gasteiger partial charge in [0, 0.05) is 22.0 Å². The number of ether oxygens (including phenoxy) is 1. The normalized spacial score (nSPS) is 16.3. The van der Waals surface area contributed by atoms with E-state index in [2.05, 4.69) is 13.0 Å². The Labute approximate surface area is 156 Å². The molecule has 5 heteroatoms. The minimum atomic E-state index is -0.295. The van der Waals surface area contributed by atoms with Crippen molar-refractivity contribution in [2.45, 2.75) is 32.9 Å². The van der Waals surface area contributed by atoms with Crippen LogP contribution in [0.3, 0.4) is 0 Å². The molecular weight excluding hydrogens is 350 g/mol. The van der Waals surface area contributed by atoms with Gasteiger partial charge in [0.05, 0.1) is 5.56 Å². The molecule has 1 atom stereocenters. The number of hydrogen-bond acceptors (Lipinski definition) is 3. The summed E-state index contributed by atoms with van der Waals surface area (Å²) in [5.41, 5.74) is 3.55. The molecule has 0 saturated carbocycles. The predicted molar refractivity (Wildman–Crippen MR) is 102 cm³/mol. The van der Waals surface area contributed by atoms with E-state index in [1.165, 1.54) is 4.90 Å². The molecule has 0 fully saturated rings. The van der Waals surface area contributed by atoms with Crippen molar-refractivity contribution in [3.8, 4) is 5.75 Å². The van der Waals surface area contributed by atoms with Gasteiger partial charge >= 0.3 is 5.63 Å². The number of nitrogens with one attached hydrogen (secondary N) is 1. The number of benzene rings is 2. The maximum absolute atomic E-state index is 12.0. The number of fused-ring (bicyclic) bond motifs is 3. The molecule has 0 radical (unpaired) electrons. The fraction of sp³-hybridized carbons (Fsp3) is 0.286. The van der Waals surface area contributed by atoms with Crippen LogP contribution >= 0.6 is 11.6 Å². The van der Waals surface area contributed by atoms with Crippen LogP contribution in [0.25, 0.3) is 11.0 Å². The van der Waals surface area contributed by atoms with Crippen molar-refractivity contribution in [3.05, 3.63) is 74.6 Å². The minimum Gasteiger partial charge on any atom is -0.445 e. The maximum Gasteiger partial charge on any atom is 0.336 e. The molecule has 2 heterocycles. The van der Waals surface area contributed by atoms with Crippen molar-refractivity contribution in [3.63, 3.8) is 0 Å². The van der Waals surface area contributed by atoms with Crippen LogP contribution in [-0.4, -0.2) is 6.73 Å². The molecule has 1 unspecified atom stereocenters. The van der Waals surface area contributed by atoms with Crippen LogP contribution in [0.2, 0.25) is 5.02 Å². The summed E-state index contributed by atoms with van der Waals surface area (Å²) >= 11 is 6.10. The maximum atomic E-state index is 12.0. The van der Waals surface area contributed by atoms with E-state index in [4.69, 9.17) is 20.8 Å². The van der Waals surface area contributed by atoms with Gasteiger partial charge in [-0.1, -0.05) is 37.1 Å². The van der Waals surface area contributed by atoms with E-state index in [0.717, 1.165) is 58.8 Å². The first-order valence-electron chi connectivity index (χ1n) is 8.93. The van der Waals surface area contributed by atoms with Gasteiger partial charge in [-0.2, -0.15) is 0 Å². The number of quaternary nitrogens is 1. The minimum absolute atomic E-state index is 0.295. The topological polar surface area (TPSA) is 43.9 Å². The Morgan fingerprint density at radius 1 is 1.19 bits per heavy atom. The van der Waals surface area contributed by atoms with Crippen LogP contribution in [0.4, 0.5) is 0 Å². The number of halogens is 1. The summed E-state index contributed by atoms with van der Waals surface area (Å²) in [6, 6.07) is 13.5. The summed E-state index contributed by atoms with van der Waals surface area (Å²) in [6.45, 7) is 4.23. The van der Waals surface area contributed by atoms with E-state index >= 15 is 0 Å². The molecule has 26 heavy (non-hydrogen) atoms. The van der Waals surface area contributed by atoms with E-state index < -0.39 is 0 Å². The lowest BCUT2D eigenvalue weighted by Gasteiger charge is -2.26. The fourth-order valence-corrected chi connectivity index (χ4v) is 3.85. The second-order valence-corrected chi connectivity index (χ2v) is 7.22. The van der Waals surface area contributed by atoms with E-state index in [1.54, 1.807) is 6.07 Å². The van der Waals surface area contributed by atoms with Gasteiger partial charge in [-0.25, -0.2) is 4.79 Å². The Balaban J connectivity index is 1.71. The van der Waals surface area contributed by atoms with Crippen molar-refractivity contribution >= 4 is 22.6 Å². The van der Waals surface area contributed by atoms with Gasteiger partial charge in [0.1, 0.15) is 18.8 Å². The van der Waals surface area contributed by atoms with Gasteiger partial charge < -0.3 is 9.15 Å². The zero-order chi connectivity index (χ0) is 18.1. The van der Waals surface area contributed by atoms with E-state index in [-0.39, 0.29) is 5.63 Å². The lowest BCUT2D eigenvalue weighted by Crippen LogP contribution is -3.10. The average Bonchev–Trinajstić information content (AvgIpc) is 2.62. The molecule has 3 aromatic rings. The second-order valence-electron chi connectivity index (χ2n) is 6.78. The first-order valence-corrected chi connectivity index (χ1v) is 9.31. The first-order chi connectivity index (χ1) is 12.6. The third kappa shape index (κ3) is 3.35. The summed E-state index contributed by atoms with van der Waals surface area (Å²) in [6.07, 6.45) is 1.85. The van der Waals surface area contributed by atoms with Gasteiger partial charge in [-0.05, 0) is 36.2 Å². The highest BCUT2D eigenvalue weighted by molar-refractivity contribution is 6.30. The number of hydrogen-bond donors (Lipinski definition) is 1. The molecule has 1 aromatic heterocycles. The average molecular weight is 371 g/mol. The molecule has 4 nitrogen and oxygen atoms in total. The van der Waals surface area contributed by atoms with Gasteiger partial charge in [0.15, 0.2) is 5.58 Å². The van der Waals surface area contributed by atoms with Gasteiger partial charge in [0.2, 0.25) is 6.73 Å². The Morgan fingerprint density at radius 3 is 2.88 bits per heavy atom. The standard InChI is InChI=1S/C21H20ClNO3/c1-2-4-15-10-20(24)26-21-17(15)7-8-19-18(21)12-23(13-25-19)11-14-5-3-6-16(22)9-14/h3,5-10H,2,4,11-13H2,1H3/p+1. The first kappa shape index (κ1) is 17.1. The fourth-order valence-electron chi connectivity index (χ4n) is 3.64. The van der Waals surface area contributed by atoms with Crippen molar-refractivity contribution in [2.75, 3.05) is 6.73 Å². The molecule has 4 rings (SSSR count). The highest BCUT2D eigenvalue weighted by atomic mass is 35.5. The molecule has 0 aliphatic carbocycles. The Morgan fingerprint density at radius 2 is 2.08 bits per heavy atom. The van der Waals surface area contributed by atoms with Gasteiger partial charge in [-0.3, -0.25) is 4.90 Å². The van der Waals surface area contributed by atoms with Crippen LogP contribution in [0.15, 0.2) is 51.7 Å². The summed E-state index contributed by atoms with van der Waals surface area (Å²) in [4.78, 5) is 13.3. The van der Waals surface area contributed by atoms with Crippen LogP contribution in [0.1, 0.15) is 30.0 Å². The quantitative estimate of drug-likeness (QED) is 0.716. The van der Waals surface area contributed by atoms with E-state index in [1.807, 2.05) is 30.3 Å². The summed E-state index contributed by atoms with van der Waals surface area (Å²) in [7, 11) is 0. The zero-order valence-electron chi connectivity index (χ0n) is 14.7. The number of aryl methyl sites for hydroxylation is 1. The van der Waals surface area contributed by atoms with E-state index in [9.17, 15) is 4.79 Å². The molecule has 0 amide bonds.